The summed E-state index contributed by atoms with van der Waals surface area (Å²) in [5.41, 5.74) is 3.46. The number of hydrogen-bond donors (Lipinski definition) is 0. The van der Waals surface area contributed by atoms with Gasteiger partial charge in [0.05, 0.1) is 13.0 Å². The van der Waals surface area contributed by atoms with Gasteiger partial charge in [0.1, 0.15) is 12.4 Å². The van der Waals surface area contributed by atoms with E-state index >= 15 is 0 Å². The summed E-state index contributed by atoms with van der Waals surface area (Å²) in [6, 6.07) is 12.1. The zero-order valence-corrected chi connectivity index (χ0v) is 17.3. The predicted molar refractivity (Wildman–Crippen MR) is 110 cm³/mol. The smallest absolute Gasteiger partial charge is 0.310 e. The number of carbonyl (C=O) groups excluding carboxylic acids is 1. The molecule has 0 spiro atoms. The van der Waals surface area contributed by atoms with Crippen molar-refractivity contribution in [1.29, 1.82) is 0 Å². The van der Waals surface area contributed by atoms with E-state index in [1.165, 1.54) is 18.2 Å². The van der Waals surface area contributed by atoms with Gasteiger partial charge in [-0.1, -0.05) is 35.3 Å². The molecule has 1 heterocycles. The largest absolute Gasteiger partial charge is 0.489 e. The van der Waals surface area contributed by atoms with Crippen LogP contribution in [0.1, 0.15) is 35.6 Å². The molecule has 28 heavy (non-hydrogen) atoms. The lowest BCUT2D eigenvalue weighted by Crippen LogP contribution is -2.27. The van der Waals surface area contributed by atoms with Gasteiger partial charge >= 0.3 is 5.97 Å². The van der Waals surface area contributed by atoms with Crippen molar-refractivity contribution < 1.29 is 14.3 Å². The number of fused-ring (bicyclic) bond motifs is 1. The Morgan fingerprint density at radius 1 is 1.18 bits per heavy atom. The molecule has 1 unspecified atom stereocenters. The SMILES string of the molecule is COC(=O)[C@@H]1CCN(C2CCc3cc(OCc4c(Cl)cccc4Cl)ccc32)C1. The summed E-state index contributed by atoms with van der Waals surface area (Å²) in [5.74, 6) is 0.726. The summed E-state index contributed by atoms with van der Waals surface area (Å²) < 4.78 is 10.9. The van der Waals surface area contributed by atoms with E-state index in [2.05, 4.69) is 17.0 Å². The number of likely N-dealkylation sites (tertiary alicyclic amines) is 1. The molecule has 2 atom stereocenters. The van der Waals surface area contributed by atoms with Crippen molar-refractivity contribution in [3.8, 4) is 5.75 Å². The van der Waals surface area contributed by atoms with E-state index in [1.807, 2.05) is 24.3 Å². The van der Waals surface area contributed by atoms with Gasteiger partial charge in [-0.05, 0) is 61.2 Å². The molecule has 0 aromatic heterocycles. The molecule has 2 aromatic carbocycles. The van der Waals surface area contributed by atoms with Gasteiger partial charge in [-0.3, -0.25) is 9.69 Å². The number of hydrogen-bond acceptors (Lipinski definition) is 4. The van der Waals surface area contributed by atoms with Crippen LogP contribution in [0.3, 0.4) is 0 Å². The average molecular weight is 420 g/mol. The van der Waals surface area contributed by atoms with E-state index in [4.69, 9.17) is 32.7 Å². The van der Waals surface area contributed by atoms with Crippen molar-refractivity contribution in [3.05, 3.63) is 63.1 Å². The molecular formula is C22H23Cl2NO3. The van der Waals surface area contributed by atoms with E-state index in [9.17, 15) is 4.79 Å². The number of halogens is 2. The minimum atomic E-state index is -0.0947. The van der Waals surface area contributed by atoms with Crippen LogP contribution in [-0.2, 0) is 22.6 Å². The number of benzene rings is 2. The minimum absolute atomic E-state index is 0.00275. The third-order valence-corrected chi connectivity index (χ3v) is 6.51. The number of nitrogens with zero attached hydrogens (tertiary/aromatic N) is 1. The average Bonchev–Trinajstić information content (AvgIpc) is 3.33. The number of rotatable bonds is 5. The Balaban J connectivity index is 1.43. The molecule has 4 rings (SSSR count). The van der Waals surface area contributed by atoms with Crippen LogP contribution in [0.25, 0.3) is 0 Å². The summed E-state index contributed by atoms with van der Waals surface area (Å²) in [4.78, 5) is 14.2. The number of methoxy groups -OCH3 is 1. The lowest BCUT2D eigenvalue weighted by Gasteiger charge is -2.24. The van der Waals surface area contributed by atoms with E-state index in [-0.39, 0.29) is 11.9 Å². The van der Waals surface area contributed by atoms with Crippen molar-refractivity contribution in [3.63, 3.8) is 0 Å². The Bertz CT molecular complexity index is 866. The third-order valence-electron chi connectivity index (χ3n) is 5.80. The Morgan fingerprint density at radius 3 is 2.71 bits per heavy atom. The van der Waals surface area contributed by atoms with Crippen LogP contribution in [0.15, 0.2) is 36.4 Å². The lowest BCUT2D eigenvalue weighted by molar-refractivity contribution is -0.145. The first-order chi connectivity index (χ1) is 13.6. The first kappa shape index (κ1) is 19.6. The van der Waals surface area contributed by atoms with E-state index < -0.39 is 0 Å². The molecule has 6 heteroatoms. The first-order valence-electron chi connectivity index (χ1n) is 9.57. The summed E-state index contributed by atoms with van der Waals surface area (Å²) in [5, 5.41) is 1.23. The summed E-state index contributed by atoms with van der Waals surface area (Å²) in [6.07, 6.45) is 2.96. The maximum Gasteiger partial charge on any atom is 0.310 e. The Morgan fingerprint density at radius 2 is 1.96 bits per heavy atom. The van der Waals surface area contributed by atoms with E-state index in [1.54, 1.807) is 0 Å². The fraction of sp³-hybridized carbons (Fsp3) is 0.409. The highest BCUT2D eigenvalue weighted by Gasteiger charge is 2.36. The highest BCUT2D eigenvalue weighted by atomic mass is 35.5. The molecule has 1 aliphatic carbocycles. The second-order valence-electron chi connectivity index (χ2n) is 7.41. The number of esters is 1. The molecule has 4 nitrogen and oxygen atoms in total. The van der Waals surface area contributed by atoms with Crippen LogP contribution in [-0.4, -0.2) is 31.1 Å². The Kier molecular flexibility index (Phi) is 5.81. The molecule has 1 aliphatic heterocycles. The van der Waals surface area contributed by atoms with E-state index in [0.29, 0.717) is 22.7 Å². The van der Waals surface area contributed by atoms with E-state index in [0.717, 1.165) is 43.7 Å². The highest BCUT2D eigenvalue weighted by molar-refractivity contribution is 6.35. The monoisotopic (exact) mass is 419 g/mol. The normalized spacial score (nSPS) is 21.5. The molecule has 0 bridgehead atoms. The number of ether oxygens (including phenoxy) is 2. The highest BCUT2D eigenvalue weighted by Crippen LogP contribution is 2.40. The second-order valence-corrected chi connectivity index (χ2v) is 8.22. The van der Waals surface area contributed by atoms with Crippen LogP contribution in [0.5, 0.6) is 5.75 Å². The number of aryl methyl sites for hydroxylation is 1. The van der Waals surface area contributed by atoms with Crippen LogP contribution >= 0.6 is 23.2 Å². The van der Waals surface area contributed by atoms with Crippen molar-refractivity contribution in [2.75, 3.05) is 20.2 Å². The maximum absolute atomic E-state index is 11.8. The molecule has 2 aliphatic rings. The molecule has 0 N–H and O–H groups in total. The fourth-order valence-corrected chi connectivity index (χ4v) is 4.80. The number of carbonyl (C=O) groups is 1. The summed E-state index contributed by atoms with van der Waals surface area (Å²) in [7, 11) is 1.47. The van der Waals surface area contributed by atoms with Gasteiger partial charge in [-0.25, -0.2) is 0 Å². The van der Waals surface area contributed by atoms with Gasteiger partial charge < -0.3 is 9.47 Å². The van der Waals surface area contributed by atoms with Gasteiger partial charge in [-0.15, -0.1) is 0 Å². The maximum atomic E-state index is 11.8. The molecule has 0 radical (unpaired) electrons. The van der Waals surface area contributed by atoms with Crippen molar-refractivity contribution in [2.24, 2.45) is 5.92 Å². The molecule has 148 valence electrons. The predicted octanol–water partition coefficient (Wildman–Crippen LogP) is 5.05. The standard InChI is InChI=1S/C22H23Cl2NO3/c1-27-22(26)15-9-10-25(12-15)21-8-5-14-11-16(6-7-17(14)21)28-13-18-19(23)3-2-4-20(18)24/h2-4,6-7,11,15,21H,5,8-10,12-13H2,1H3/t15-,21?/m1/s1. The van der Waals surface area contributed by atoms with Crippen LogP contribution in [0.4, 0.5) is 0 Å². The van der Waals surface area contributed by atoms with Gasteiger partial charge in [-0.2, -0.15) is 0 Å². The molecule has 2 aromatic rings. The fourth-order valence-electron chi connectivity index (χ4n) is 4.30. The molecular weight excluding hydrogens is 397 g/mol. The lowest BCUT2D eigenvalue weighted by atomic mass is 10.1. The van der Waals surface area contributed by atoms with Crippen LogP contribution in [0, 0.1) is 5.92 Å². The molecule has 0 saturated carbocycles. The van der Waals surface area contributed by atoms with Crippen molar-refractivity contribution >= 4 is 29.2 Å². The summed E-state index contributed by atoms with van der Waals surface area (Å²) in [6.45, 7) is 2.06. The third kappa shape index (κ3) is 3.86. The van der Waals surface area contributed by atoms with Crippen molar-refractivity contribution in [2.45, 2.75) is 31.9 Å². The Hall–Kier alpha value is -1.75. The molecule has 1 saturated heterocycles. The Labute approximate surface area is 175 Å². The summed E-state index contributed by atoms with van der Waals surface area (Å²) >= 11 is 12.4. The quantitative estimate of drug-likeness (QED) is 0.635. The van der Waals surface area contributed by atoms with Crippen LogP contribution < -0.4 is 4.74 Å². The van der Waals surface area contributed by atoms with Gasteiger partial charge in [0.25, 0.3) is 0 Å². The second kappa shape index (κ2) is 8.32. The van der Waals surface area contributed by atoms with Crippen molar-refractivity contribution in [1.82, 2.24) is 4.90 Å². The van der Waals surface area contributed by atoms with Crippen LogP contribution in [0.2, 0.25) is 10.0 Å². The zero-order valence-electron chi connectivity index (χ0n) is 15.8. The van der Waals surface area contributed by atoms with Gasteiger partial charge in [0, 0.05) is 28.2 Å². The first-order valence-corrected chi connectivity index (χ1v) is 10.3. The molecule has 1 fully saturated rings. The zero-order chi connectivity index (χ0) is 19.7. The molecule has 0 amide bonds. The van der Waals surface area contributed by atoms with Gasteiger partial charge in [0.15, 0.2) is 0 Å². The van der Waals surface area contributed by atoms with Gasteiger partial charge in [0.2, 0.25) is 0 Å². The topological polar surface area (TPSA) is 38.8 Å². The minimum Gasteiger partial charge on any atom is -0.489 e.